The molecule has 1 saturated carbocycles. The third-order valence-electron chi connectivity index (χ3n) is 6.69. The van der Waals surface area contributed by atoms with Crippen LogP contribution in [0, 0.1) is 18.7 Å². The molecule has 2 fully saturated rings. The van der Waals surface area contributed by atoms with E-state index < -0.39 is 5.82 Å². The summed E-state index contributed by atoms with van der Waals surface area (Å²) >= 11 is 0. The molecule has 0 aromatic carbocycles. The lowest BCUT2D eigenvalue weighted by atomic mass is 9.96. The van der Waals surface area contributed by atoms with E-state index in [-0.39, 0.29) is 35.6 Å². The summed E-state index contributed by atoms with van der Waals surface area (Å²) in [7, 11) is 2.10. The average Bonchev–Trinajstić information content (AvgIpc) is 3.36. The smallest absolute Gasteiger partial charge is 0.223 e. The molecule has 2 atom stereocenters. The van der Waals surface area contributed by atoms with Crippen LogP contribution in [0.2, 0.25) is 0 Å². The predicted octanol–water partition coefficient (Wildman–Crippen LogP) is 3.16. The highest BCUT2D eigenvalue weighted by Gasteiger charge is 2.30. The SMILES string of the molecule is Cc1ncc(-c2nc(N[C@@H]3CC[C@H](NC(=O)C4CCN(C)CC4)C3)ncc2F)n1C(C)C. The molecule has 0 spiro atoms. The molecule has 9 heteroatoms. The van der Waals surface area contributed by atoms with Crippen LogP contribution in [0.15, 0.2) is 12.4 Å². The number of carbonyl (C=O) groups excluding carboxylic acids is 1. The maximum Gasteiger partial charge on any atom is 0.223 e. The summed E-state index contributed by atoms with van der Waals surface area (Å²) in [5.74, 6) is 1.06. The lowest BCUT2D eigenvalue weighted by Crippen LogP contribution is -2.42. The van der Waals surface area contributed by atoms with Crippen LogP contribution in [0.1, 0.15) is 57.8 Å². The van der Waals surface area contributed by atoms with E-state index in [2.05, 4.69) is 37.5 Å². The van der Waals surface area contributed by atoms with Gasteiger partial charge in [0.1, 0.15) is 11.5 Å². The van der Waals surface area contributed by atoms with Gasteiger partial charge in [-0.2, -0.15) is 0 Å². The fourth-order valence-electron chi connectivity index (χ4n) is 4.91. The second-order valence-corrected chi connectivity index (χ2v) is 9.48. The lowest BCUT2D eigenvalue weighted by Gasteiger charge is -2.29. The topological polar surface area (TPSA) is 88.0 Å². The molecule has 32 heavy (non-hydrogen) atoms. The molecule has 4 rings (SSSR count). The van der Waals surface area contributed by atoms with Gasteiger partial charge in [-0.05, 0) is 73.0 Å². The van der Waals surface area contributed by atoms with Crippen molar-refractivity contribution in [2.24, 2.45) is 5.92 Å². The van der Waals surface area contributed by atoms with E-state index in [4.69, 9.17) is 0 Å². The van der Waals surface area contributed by atoms with Gasteiger partial charge in [-0.1, -0.05) is 0 Å². The van der Waals surface area contributed by atoms with E-state index in [0.717, 1.165) is 51.0 Å². The van der Waals surface area contributed by atoms with Gasteiger partial charge < -0.3 is 20.1 Å². The Morgan fingerprint density at radius 2 is 1.84 bits per heavy atom. The molecule has 174 valence electrons. The Morgan fingerprint density at radius 3 is 2.56 bits per heavy atom. The third kappa shape index (κ3) is 4.92. The Bertz CT molecular complexity index is 952. The number of aromatic nitrogens is 4. The zero-order chi connectivity index (χ0) is 22.8. The number of hydrogen-bond acceptors (Lipinski definition) is 6. The van der Waals surface area contributed by atoms with Gasteiger partial charge in [0, 0.05) is 24.0 Å². The number of piperidine rings is 1. The number of carbonyl (C=O) groups is 1. The van der Waals surface area contributed by atoms with E-state index >= 15 is 0 Å². The summed E-state index contributed by atoms with van der Waals surface area (Å²) < 4.78 is 16.6. The first-order valence-corrected chi connectivity index (χ1v) is 11.6. The van der Waals surface area contributed by atoms with Crippen molar-refractivity contribution in [3.63, 3.8) is 0 Å². The maximum atomic E-state index is 14.6. The van der Waals surface area contributed by atoms with Gasteiger partial charge in [0.05, 0.1) is 18.1 Å². The second-order valence-electron chi connectivity index (χ2n) is 9.48. The molecule has 0 bridgehead atoms. The summed E-state index contributed by atoms with van der Waals surface area (Å²) in [6, 6.07) is 0.444. The van der Waals surface area contributed by atoms with Gasteiger partial charge in [-0.25, -0.2) is 19.3 Å². The second kappa shape index (κ2) is 9.52. The standard InChI is InChI=1S/C23H34FN7O/c1-14(2)31-15(3)25-13-20(31)21-19(24)12-26-23(29-21)28-18-6-5-17(11-18)27-22(32)16-7-9-30(4)10-8-16/h12-14,16-18H,5-11H2,1-4H3,(H,27,32)(H,26,28,29)/t17-,18+/m0/s1. The molecule has 2 N–H and O–H groups in total. The first kappa shape index (κ1) is 22.6. The number of amides is 1. The minimum absolute atomic E-state index is 0.121. The van der Waals surface area contributed by atoms with E-state index in [9.17, 15) is 9.18 Å². The van der Waals surface area contributed by atoms with Crippen molar-refractivity contribution >= 4 is 11.9 Å². The van der Waals surface area contributed by atoms with Gasteiger partial charge >= 0.3 is 0 Å². The van der Waals surface area contributed by atoms with Crippen LogP contribution in [-0.4, -0.2) is 62.5 Å². The summed E-state index contributed by atoms with van der Waals surface area (Å²) in [4.78, 5) is 27.9. The highest BCUT2D eigenvalue weighted by Crippen LogP contribution is 2.28. The molecular formula is C23H34FN7O. The van der Waals surface area contributed by atoms with Crippen molar-refractivity contribution in [3.05, 3.63) is 24.0 Å². The van der Waals surface area contributed by atoms with Crippen molar-refractivity contribution < 1.29 is 9.18 Å². The summed E-state index contributed by atoms with van der Waals surface area (Å²) in [6.45, 7) is 7.93. The quantitative estimate of drug-likeness (QED) is 0.713. The minimum Gasteiger partial charge on any atom is -0.353 e. The number of likely N-dealkylation sites (tertiary alicyclic amines) is 1. The Morgan fingerprint density at radius 1 is 1.12 bits per heavy atom. The molecule has 1 amide bonds. The summed E-state index contributed by atoms with van der Waals surface area (Å²) in [5, 5.41) is 6.58. The molecule has 0 radical (unpaired) electrons. The number of hydrogen-bond donors (Lipinski definition) is 2. The van der Waals surface area contributed by atoms with Gasteiger partial charge in [0.15, 0.2) is 5.82 Å². The summed E-state index contributed by atoms with van der Waals surface area (Å²) in [5.41, 5.74) is 0.900. The first-order chi connectivity index (χ1) is 15.3. The van der Waals surface area contributed by atoms with Crippen LogP contribution in [-0.2, 0) is 4.79 Å². The molecule has 1 aliphatic heterocycles. The van der Waals surface area contributed by atoms with Crippen LogP contribution in [0.4, 0.5) is 10.3 Å². The van der Waals surface area contributed by atoms with Crippen LogP contribution < -0.4 is 10.6 Å². The fraction of sp³-hybridized carbons (Fsp3) is 0.652. The number of imidazole rings is 1. The molecular weight excluding hydrogens is 409 g/mol. The van der Waals surface area contributed by atoms with Gasteiger partial charge in [-0.3, -0.25) is 4.79 Å². The predicted molar refractivity (Wildman–Crippen MR) is 122 cm³/mol. The van der Waals surface area contributed by atoms with Crippen LogP contribution in [0.3, 0.4) is 0 Å². The molecule has 1 saturated heterocycles. The van der Waals surface area contributed by atoms with E-state index in [1.807, 2.05) is 25.3 Å². The van der Waals surface area contributed by atoms with E-state index in [1.54, 1.807) is 6.20 Å². The Balaban J connectivity index is 1.38. The monoisotopic (exact) mass is 443 g/mol. The lowest BCUT2D eigenvalue weighted by molar-refractivity contribution is -0.127. The minimum atomic E-state index is -0.466. The normalized spacial score (nSPS) is 22.4. The number of aryl methyl sites for hydroxylation is 1. The zero-order valence-corrected chi connectivity index (χ0v) is 19.4. The number of halogens is 1. The highest BCUT2D eigenvalue weighted by molar-refractivity contribution is 5.79. The van der Waals surface area contributed by atoms with Crippen molar-refractivity contribution in [3.8, 4) is 11.4 Å². The average molecular weight is 444 g/mol. The van der Waals surface area contributed by atoms with Gasteiger partial charge in [0.2, 0.25) is 11.9 Å². The highest BCUT2D eigenvalue weighted by atomic mass is 19.1. The van der Waals surface area contributed by atoms with Gasteiger partial charge in [-0.15, -0.1) is 0 Å². The number of rotatable bonds is 6. The molecule has 1 aliphatic carbocycles. The molecule has 8 nitrogen and oxygen atoms in total. The number of anilines is 1. The third-order valence-corrected chi connectivity index (χ3v) is 6.69. The summed E-state index contributed by atoms with van der Waals surface area (Å²) in [6.07, 6.45) is 7.38. The first-order valence-electron chi connectivity index (χ1n) is 11.6. The van der Waals surface area contributed by atoms with Crippen LogP contribution in [0.25, 0.3) is 11.4 Å². The van der Waals surface area contributed by atoms with Crippen molar-refractivity contribution in [2.45, 2.75) is 71.0 Å². The Labute approximate surface area is 189 Å². The largest absolute Gasteiger partial charge is 0.353 e. The molecule has 2 aromatic heterocycles. The van der Waals surface area contributed by atoms with Crippen LogP contribution in [0.5, 0.6) is 0 Å². The van der Waals surface area contributed by atoms with E-state index in [1.165, 1.54) is 6.20 Å². The van der Waals surface area contributed by atoms with Crippen molar-refractivity contribution in [1.29, 1.82) is 0 Å². The van der Waals surface area contributed by atoms with Crippen molar-refractivity contribution in [1.82, 2.24) is 29.7 Å². The molecule has 3 heterocycles. The Kier molecular flexibility index (Phi) is 6.74. The van der Waals surface area contributed by atoms with Gasteiger partial charge in [0.25, 0.3) is 0 Å². The number of nitrogens with one attached hydrogen (secondary N) is 2. The fourth-order valence-corrected chi connectivity index (χ4v) is 4.91. The Hall–Kier alpha value is -2.55. The van der Waals surface area contributed by atoms with Crippen LogP contribution >= 0.6 is 0 Å². The molecule has 2 aliphatic rings. The zero-order valence-electron chi connectivity index (χ0n) is 19.4. The van der Waals surface area contributed by atoms with E-state index in [0.29, 0.717) is 11.6 Å². The molecule has 0 unspecified atom stereocenters. The number of nitrogens with zero attached hydrogens (tertiary/aromatic N) is 5. The van der Waals surface area contributed by atoms with Crippen molar-refractivity contribution in [2.75, 3.05) is 25.5 Å². The molecule has 2 aromatic rings. The maximum absolute atomic E-state index is 14.6.